The summed E-state index contributed by atoms with van der Waals surface area (Å²) in [6.07, 6.45) is 2.17. The van der Waals surface area contributed by atoms with Gasteiger partial charge in [0.1, 0.15) is 12.6 Å². The molecule has 5 rings (SSSR count). The number of ether oxygens (including phenoxy) is 1. The van der Waals surface area contributed by atoms with Gasteiger partial charge in [0.15, 0.2) is 0 Å². The smallest absolute Gasteiger partial charge is 0.407 e. The molecule has 7 heteroatoms. The summed E-state index contributed by atoms with van der Waals surface area (Å²) in [5.74, 6) is -0.749. The molecular weight excluding hydrogens is 432 g/mol. The molecule has 34 heavy (non-hydrogen) atoms. The highest BCUT2D eigenvalue weighted by atomic mass is 16.5. The molecule has 3 aliphatic rings. The van der Waals surface area contributed by atoms with Crippen molar-refractivity contribution in [2.24, 2.45) is 17.8 Å². The molecule has 0 saturated heterocycles. The maximum Gasteiger partial charge on any atom is 0.407 e. The van der Waals surface area contributed by atoms with Crippen molar-refractivity contribution >= 4 is 18.0 Å². The number of hydrogen-bond acceptors (Lipinski definition) is 4. The number of benzene rings is 2. The largest absolute Gasteiger partial charge is 0.480 e. The van der Waals surface area contributed by atoms with Gasteiger partial charge in [0.2, 0.25) is 5.91 Å². The second-order valence-electron chi connectivity index (χ2n) is 9.71. The third-order valence-electron chi connectivity index (χ3n) is 7.86. The van der Waals surface area contributed by atoms with Gasteiger partial charge >= 0.3 is 12.1 Å². The van der Waals surface area contributed by atoms with E-state index in [1.165, 1.54) is 22.3 Å². The van der Waals surface area contributed by atoms with Crippen molar-refractivity contribution in [1.82, 2.24) is 10.6 Å². The van der Waals surface area contributed by atoms with Crippen molar-refractivity contribution in [3.8, 4) is 11.1 Å². The fraction of sp³-hybridized carbons (Fsp3) is 0.444. The predicted octanol–water partition coefficient (Wildman–Crippen LogP) is 3.92. The third kappa shape index (κ3) is 4.04. The summed E-state index contributed by atoms with van der Waals surface area (Å²) in [6, 6.07) is 15.6. The first-order valence-electron chi connectivity index (χ1n) is 12.1. The Bertz CT molecular complexity index is 1070. The molecule has 2 aromatic carbocycles. The molecular formula is C27H30N2O5. The van der Waals surface area contributed by atoms with Crippen molar-refractivity contribution in [1.29, 1.82) is 0 Å². The Morgan fingerprint density at radius 2 is 1.65 bits per heavy atom. The minimum absolute atomic E-state index is 0.0000959. The van der Waals surface area contributed by atoms with Crippen LogP contribution in [0.5, 0.6) is 0 Å². The highest BCUT2D eigenvalue weighted by Crippen LogP contribution is 2.50. The first-order chi connectivity index (χ1) is 16.5. The number of fused-ring (bicyclic) bond motifs is 4. The van der Waals surface area contributed by atoms with Crippen molar-refractivity contribution in [2.45, 2.75) is 50.6 Å². The third-order valence-corrected chi connectivity index (χ3v) is 7.86. The normalized spacial score (nSPS) is 25.3. The van der Waals surface area contributed by atoms with Crippen molar-refractivity contribution < 1.29 is 24.2 Å². The molecule has 2 saturated carbocycles. The Kier molecular flexibility index (Phi) is 6.02. The molecule has 2 amide bonds. The van der Waals surface area contributed by atoms with Gasteiger partial charge in [-0.05, 0) is 59.8 Å². The van der Waals surface area contributed by atoms with Crippen LogP contribution in [-0.2, 0) is 14.3 Å². The Morgan fingerprint density at radius 1 is 1.00 bits per heavy atom. The van der Waals surface area contributed by atoms with Crippen LogP contribution in [0.3, 0.4) is 0 Å². The molecule has 7 nitrogen and oxygen atoms in total. The summed E-state index contributed by atoms with van der Waals surface area (Å²) >= 11 is 0. The minimum atomic E-state index is -1.01. The summed E-state index contributed by atoms with van der Waals surface area (Å²) in [5.41, 5.74) is 4.74. The number of amides is 2. The van der Waals surface area contributed by atoms with Crippen LogP contribution in [0.4, 0.5) is 4.79 Å². The molecule has 5 atom stereocenters. The molecule has 0 aliphatic heterocycles. The average Bonchev–Trinajstić information content (AvgIpc) is 3.34. The van der Waals surface area contributed by atoms with Crippen LogP contribution in [0.1, 0.15) is 49.7 Å². The lowest BCUT2D eigenvalue weighted by Crippen LogP contribution is -2.50. The summed E-state index contributed by atoms with van der Waals surface area (Å²) in [7, 11) is 0. The first kappa shape index (κ1) is 22.4. The minimum Gasteiger partial charge on any atom is -0.480 e. The van der Waals surface area contributed by atoms with E-state index in [4.69, 9.17) is 4.74 Å². The fourth-order valence-corrected chi connectivity index (χ4v) is 6.03. The summed E-state index contributed by atoms with van der Waals surface area (Å²) < 4.78 is 5.67. The number of hydrogen-bond donors (Lipinski definition) is 3. The van der Waals surface area contributed by atoms with E-state index in [1.807, 2.05) is 24.3 Å². The van der Waals surface area contributed by atoms with E-state index in [0.717, 1.165) is 12.8 Å². The van der Waals surface area contributed by atoms with E-state index in [2.05, 4.69) is 34.9 Å². The zero-order valence-corrected chi connectivity index (χ0v) is 19.2. The fourth-order valence-electron chi connectivity index (χ4n) is 6.03. The van der Waals surface area contributed by atoms with E-state index < -0.39 is 18.1 Å². The number of carboxylic acids is 1. The van der Waals surface area contributed by atoms with Gasteiger partial charge in [-0.2, -0.15) is 0 Å². The molecule has 3 N–H and O–H groups in total. The van der Waals surface area contributed by atoms with E-state index in [0.29, 0.717) is 18.8 Å². The summed E-state index contributed by atoms with van der Waals surface area (Å²) in [5, 5.41) is 14.8. The van der Waals surface area contributed by atoms with Crippen molar-refractivity contribution in [3.05, 3.63) is 59.7 Å². The van der Waals surface area contributed by atoms with Crippen LogP contribution < -0.4 is 10.6 Å². The van der Waals surface area contributed by atoms with Gasteiger partial charge < -0.3 is 20.5 Å². The maximum absolute atomic E-state index is 12.6. The molecule has 0 aromatic heterocycles. The molecule has 2 fully saturated rings. The van der Waals surface area contributed by atoms with E-state index in [9.17, 15) is 19.5 Å². The van der Waals surface area contributed by atoms with Gasteiger partial charge in [-0.25, -0.2) is 9.59 Å². The van der Waals surface area contributed by atoms with E-state index >= 15 is 0 Å². The highest BCUT2D eigenvalue weighted by molar-refractivity contribution is 5.85. The van der Waals surface area contributed by atoms with Crippen LogP contribution in [0.25, 0.3) is 11.1 Å². The predicted molar refractivity (Wildman–Crippen MR) is 126 cm³/mol. The van der Waals surface area contributed by atoms with Gasteiger partial charge in [-0.3, -0.25) is 4.79 Å². The number of alkyl carbamates (subject to hydrolysis) is 1. The van der Waals surface area contributed by atoms with Crippen molar-refractivity contribution in [2.75, 3.05) is 6.61 Å². The van der Waals surface area contributed by atoms with Crippen molar-refractivity contribution in [3.63, 3.8) is 0 Å². The van der Waals surface area contributed by atoms with Gasteiger partial charge in [-0.15, -0.1) is 0 Å². The summed E-state index contributed by atoms with van der Waals surface area (Å²) in [4.78, 5) is 36.4. The topological polar surface area (TPSA) is 105 Å². The number of carbonyl (C=O) groups excluding carboxylic acids is 2. The summed E-state index contributed by atoms with van der Waals surface area (Å²) in [6.45, 7) is 2.02. The highest BCUT2D eigenvalue weighted by Gasteiger charge is 2.50. The monoisotopic (exact) mass is 462 g/mol. The Hall–Kier alpha value is -3.35. The second-order valence-corrected chi connectivity index (χ2v) is 9.71. The molecule has 0 spiro atoms. The van der Waals surface area contributed by atoms with E-state index in [1.54, 1.807) is 6.92 Å². The van der Waals surface area contributed by atoms with Crippen LogP contribution >= 0.6 is 0 Å². The molecule has 3 aliphatic carbocycles. The maximum atomic E-state index is 12.6. The van der Waals surface area contributed by atoms with Gasteiger partial charge in [0.25, 0.3) is 0 Å². The number of carboxylic acid groups (broad SMARTS) is 1. The molecule has 0 bridgehead atoms. The standard InChI is InChI=1S/C27H30N2O5/c1-2-23(26(31)32)28-25(30)16-11-15-13-24(21(15)12-16)29-27(33)34-14-22-19-9-5-3-7-17(19)18-8-4-6-10-20(18)22/h3-10,15-16,21-24H,2,11-14H2,1H3,(H,28,30)(H,29,33)(H,31,32)/t15-,16?,21-,23-,24+/m0/s1. The molecule has 0 radical (unpaired) electrons. The quantitative estimate of drug-likeness (QED) is 0.579. The number of nitrogens with one attached hydrogen (secondary N) is 2. The van der Waals surface area contributed by atoms with Crippen LogP contribution in [0.2, 0.25) is 0 Å². The number of rotatable bonds is 7. The lowest BCUT2D eigenvalue weighted by Gasteiger charge is -2.40. The molecule has 2 aromatic rings. The lowest BCUT2D eigenvalue weighted by atomic mass is 9.71. The molecule has 1 unspecified atom stereocenters. The van der Waals surface area contributed by atoms with Gasteiger partial charge in [0, 0.05) is 17.9 Å². The lowest BCUT2D eigenvalue weighted by molar-refractivity contribution is -0.142. The Balaban J connectivity index is 1.14. The zero-order valence-electron chi connectivity index (χ0n) is 19.2. The van der Waals surface area contributed by atoms with E-state index in [-0.39, 0.29) is 36.3 Å². The average molecular weight is 463 g/mol. The van der Waals surface area contributed by atoms with Crippen LogP contribution in [0, 0.1) is 17.8 Å². The van der Waals surface area contributed by atoms with Gasteiger partial charge in [-0.1, -0.05) is 55.5 Å². The number of carbonyl (C=O) groups is 3. The molecule has 0 heterocycles. The number of aliphatic carboxylic acids is 1. The molecule has 178 valence electrons. The SMILES string of the molecule is CC[C@H](NC(=O)C1C[C@H]2C[C@@H](NC(=O)OCC3c4ccccc4-c4ccccc43)[C@H]2C1)C(=O)O. The van der Waals surface area contributed by atoms with Crippen LogP contribution in [-0.4, -0.2) is 41.8 Å². The zero-order chi connectivity index (χ0) is 23.8. The Labute approximate surface area is 198 Å². The first-order valence-corrected chi connectivity index (χ1v) is 12.1. The Morgan fingerprint density at radius 3 is 2.26 bits per heavy atom. The second kappa shape index (κ2) is 9.12. The van der Waals surface area contributed by atoms with Crippen LogP contribution in [0.15, 0.2) is 48.5 Å². The van der Waals surface area contributed by atoms with Gasteiger partial charge in [0.05, 0.1) is 0 Å².